The normalized spacial score (nSPS) is 16.3. The molecule has 3 rings (SSSR count). The molecule has 0 aliphatic carbocycles. The zero-order valence-corrected chi connectivity index (χ0v) is 14.7. The predicted octanol–water partition coefficient (Wildman–Crippen LogP) is 5.18. The predicted molar refractivity (Wildman–Crippen MR) is 103 cm³/mol. The van der Waals surface area contributed by atoms with Gasteiger partial charge in [-0.2, -0.15) is 0 Å². The summed E-state index contributed by atoms with van der Waals surface area (Å²) < 4.78 is 0. The molecule has 0 saturated heterocycles. The Hall–Kier alpha value is -1.87. The Labute approximate surface area is 144 Å². The van der Waals surface area contributed by atoms with E-state index in [1.165, 1.54) is 29.7 Å². The Morgan fingerprint density at radius 3 is 2.65 bits per heavy atom. The second-order valence-corrected chi connectivity index (χ2v) is 6.67. The van der Waals surface area contributed by atoms with Gasteiger partial charge >= 0.3 is 0 Å². The van der Waals surface area contributed by atoms with Gasteiger partial charge in [-0.1, -0.05) is 43.7 Å². The average molecular weight is 324 g/mol. The van der Waals surface area contributed by atoms with Crippen LogP contribution in [0.1, 0.15) is 37.8 Å². The van der Waals surface area contributed by atoms with Crippen molar-refractivity contribution in [1.82, 2.24) is 0 Å². The Bertz CT molecular complexity index is 678. The zero-order valence-electron chi connectivity index (χ0n) is 13.9. The van der Waals surface area contributed by atoms with Crippen LogP contribution in [-0.4, -0.2) is 11.2 Å². The van der Waals surface area contributed by atoms with Crippen molar-refractivity contribution >= 4 is 28.7 Å². The summed E-state index contributed by atoms with van der Waals surface area (Å²) in [6, 6.07) is 17.6. The molecule has 1 aliphatic rings. The molecule has 0 spiro atoms. The Balaban J connectivity index is 1.70. The van der Waals surface area contributed by atoms with Crippen molar-refractivity contribution < 1.29 is 0 Å². The highest BCUT2D eigenvalue weighted by molar-refractivity contribution is 7.80. The third-order valence-electron chi connectivity index (χ3n) is 4.45. The Kier molecular flexibility index (Phi) is 4.97. The summed E-state index contributed by atoms with van der Waals surface area (Å²) in [5, 5.41) is 4.18. The van der Waals surface area contributed by atoms with Crippen LogP contribution in [0.15, 0.2) is 48.5 Å². The molecule has 0 saturated carbocycles. The number of anilines is 2. The highest BCUT2D eigenvalue weighted by atomic mass is 32.1. The van der Waals surface area contributed by atoms with E-state index >= 15 is 0 Å². The van der Waals surface area contributed by atoms with Crippen molar-refractivity contribution in [2.75, 3.05) is 10.2 Å². The first kappa shape index (κ1) is 16.0. The fraction of sp³-hybridized carbons (Fsp3) is 0.350. The lowest BCUT2D eigenvalue weighted by molar-refractivity contribution is 0.776. The molecule has 0 radical (unpaired) electrons. The third-order valence-corrected chi connectivity index (χ3v) is 4.75. The molecule has 0 aromatic heterocycles. The third kappa shape index (κ3) is 3.56. The van der Waals surface area contributed by atoms with Gasteiger partial charge in [-0.05, 0) is 67.7 Å². The quantitative estimate of drug-likeness (QED) is 0.780. The minimum absolute atomic E-state index is 0.399. The van der Waals surface area contributed by atoms with Crippen LogP contribution in [0.3, 0.4) is 0 Å². The number of hydrogen-bond donors (Lipinski definition) is 1. The standard InChI is InChI=1S/C20H24N2S/c1-3-4-7-16-10-12-18(13-11-16)21-20(23)22-15(2)14-17-8-5-6-9-19(17)22/h5-6,8-13,15H,3-4,7,14H2,1-2H3,(H,21,23). The molecule has 120 valence electrons. The van der Waals surface area contributed by atoms with Gasteiger partial charge in [-0.15, -0.1) is 0 Å². The number of fused-ring (bicyclic) bond motifs is 1. The van der Waals surface area contributed by atoms with Gasteiger partial charge in [-0.3, -0.25) is 0 Å². The van der Waals surface area contributed by atoms with Crippen LogP contribution < -0.4 is 10.2 Å². The van der Waals surface area contributed by atoms with Gasteiger partial charge in [0.25, 0.3) is 0 Å². The number of unbranched alkanes of at least 4 members (excludes halogenated alkanes) is 1. The van der Waals surface area contributed by atoms with Crippen LogP contribution >= 0.6 is 12.2 Å². The van der Waals surface area contributed by atoms with E-state index in [-0.39, 0.29) is 0 Å². The summed E-state index contributed by atoms with van der Waals surface area (Å²) >= 11 is 5.67. The molecular weight excluding hydrogens is 300 g/mol. The van der Waals surface area contributed by atoms with Crippen LogP contribution in [0.4, 0.5) is 11.4 Å². The van der Waals surface area contributed by atoms with E-state index in [1.54, 1.807) is 0 Å². The van der Waals surface area contributed by atoms with E-state index in [9.17, 15) is 0 Å². The zero-order chi connectivity index (χ0) is 16.2. The Morgan fingerprint density at radius 1 is 1.17 bits per heavy atom. The van der Waals surface area contributed by atoms with Crippen molar-refractivity contribution in [1.29, 1.82) is 0 Å². The summed E-state index contributed by atoms with van der Waals surface area (Å²) in [5.74, 6) is 0. The maximum absolute atomic E-state index is 5.67. The fourth-order valence-corrected chi connectivity index (χ4v) is 3.59. The van der Waals surface area contributed by atoms with Gasteiger partial charge in [0.05, 0.1) is 0 Å². The second-order valence-electron chi connectivity index (χ2n) is 6.28. The van der Waals surface area contributed by atoms with E-state index in [0.29, 0.717) is 6.04 Å². The van der Waals surface area contributed by atoms with E-state index in [1.807, 2.05) is 0 Å². The largest absolute Gasteiger partial charge is 0.332 e. The minimum atomic E-state index is 0.399. The summed E-state index contributed by atoms with van der Waals surface area (Å²) in [7, 11) is 0. The number of aryl methyl sites for hydroxylation is 1. The van der Waals surface area contributed by atoms with Crippen molar-refractivity contribution in [3.63, 3.8) is 0 Å². The molecule has 1 aliphatic heterocycles. The number of hydrogen-bond acceptors (Lipinski definition) is 1. The molecule has 0 fully saturated rings. The molecule has 0 amide bonds. The Morgan fingerprint density at radius 2 is 1.91 bits per heavy atom. The van der Waals surface area contributed by atoms with E-state index in [4.69, 9.17) is 12.2 Å². The highest BCUT2D eigenvalue weighted by Gasteiger charge is 2.28. The van der Waals surface area contributed by atoms with Crippen LogP contribution in [0, 0.1) is 0 Å². The van der Waals surface area contributed by atoms with Gasteiger partial charge in [0.15, 0.2) is 5.11 Å². The van der Waals surface area contributed by atoms with Crippen LogP contribution in [0.2, 0.25) is 0 Å². The van der Waals surface area contributed by atoms with Gasteiger partial charge in [0.2, 0.25) is 0 Å². The van der Waals surface area contributed by atoms with Crippen molar-refractivity contribution in [3.05, 3.63) is 59.7 Å². The lowest BCUT2D eigenvalue weighted by Crippen LogP contribution is -2.38. The van der Waals surface area contributed by atoms with Gasteiger partial charge < -0.3 is 10.2 Å². The highest BCUT2D eigenvalue weighted by Crippen LogP contribution is 2.32. The fourth-order valence-electron chi connectivity index (χ4n) is 3.19. The maximum atomic E-state index is 5.67. The van der Waals surface area contributed by atoms with Gasteiger partial charge in [0, 0.05) is 17.4 Å². The molecule has 1 unspecified atom stereocenters. The molecule has 23 heavy (non-hydrogen) atoms. The van der Waals surface area contributed by atoms with Crippen molar-refractivity contribution in [2.24, 2.45) is 0 Å². The second kappa shape index (κ2) is 7.14. The number of rotatable bonds is 4. The van der Waals surface area contributed by atoms with E-state index in [0.717, 1.165) is 23.6 Å². The lowest BCUT2D eigenvalue weighted by atomic mass is 10.1. The van der Waals surface area contributed by atoms with Crippen molar-refractivity contribution in [3.8, 4) is 0 Å². The first-order valence-electron chi connectivity index (χ1n) is 8.46. The van der Waals surface area contributed by atoms with E-state index < -0.39 is 0 Å². The monoisotopic (exact) mass is 324 g/mol. The lowest BCUT2D eigenvalue weighted by Gasteiger charge is -2.26. The van der Waals surface area contributed by atoms with Crippen LogP contribution in [0.25, 0.3) is 0 Å². The number of benzene rings is 2. The molecule has 1 N–H and O–H groups in total. The van der Waals surface area contributed by atoms with Gasteiger partial charge in [-0.25, -0.2) is 0 Å². The summed E-state index contributed by atoms with van der Waals surface area (Å²) in [5.41, 5.74) is 5.06. The number of nitrogens with one attached hydrogen (secondary N) is 1. The molecule has 1 heterocycles. The first-order valence-corrected chi connectivity index (χ1v) is 8.87. The molecule has 2 aromatic rings. The van der Waals surface area contributed by atoms with Crippen LogP contribution in [0.5, 0.6) is 0 Å². The minimum Gasteiger partial charge on any atom is -0.332 e. The smallest absolute Gasteiger partial charge is 0.178 e. The van der Waals surface area contributed by atoms with Gasteiger partial charge in [0.1, 0.15) is 0 Å². The molecule has 2 aromatic carbocycles. The summed E-state index contributed by atoms with van der Waals surface area (Å²) in [6.45, 7) is 4.45. The number of para-hydroxylation sites is 1. The summed E-state index contributed by atoms with van der Waals surface area (Å²) in [6.07, 6.45) is 4.68. The molecule has 0 bridgehead atoms. The number of nitrogens with zero attached hydrogens (tertiary/aromatic N) is 1. The molecule has 2 nitrogen and oxygen atoms in total. The topological polar surface area (TPSA) is 15.3 Å². The van der Waals surface area contributed by atoms with E-state index in [2.05, 4.69) is 72.6 Å². The molecule has 3 heteroatoms. The molecule has 1 atom stereocenters. The summed E-state index contributed by atoms with van der Waals surface area (Å²) in [4.78, 5) is 2.23. The molecular formula is C20H24N2S. The average Bonchev–Trinajstić information content (AvgIpc) is 2.90. The first-order chi connectivity index (χ1) is 11.2. The maximum Gasteiger partial charge on any atom is 0.178 e. The SMILES string of the molecule is CCCCc1ccc(NC(=S)N2c3ccccc3CC2C)cc1. The van der Waals surface area contributed by atoms with Crippen molar-refractivity contribution in [2.45, 2.75) is 45.6 Å². The number of thiocarbonyl (C=S) groups is 1. The van der Waals surface area contributed by atoms with Crippen LogP contribution in [-0.2, 0) is 12.8 Å².